The minimum atomic E-state index is -4.87. The maximum atomic E-state index is 14.0. The third-order valence-corrected chi connectivity index (χ3v) is 8.78. The van der Waals surface area contributed by atoms with Crippen LogP contribution in [0, 0.1) is 0 Å². The van der Waals surface area contributed by atoms with Crippen LogP contribution < -0.4 is 37.7 Å². The molecule has 19 nitrogen and oxygen atoms in total. The second kappa shape index (κ2) is 18.5. The van der Waals surface area contributed by atoms with Crippen LogP contribution >= 0.6 is 15.4 Å². The quantitative estimate of drug-likeness (QED) is 0.0617. The lowest BCUT2D eigenvalue weighted by Crippen LogP contribution is -2.58. The number of hydrogen-bond donors (Lipinski definition) is 10. The summed E-state index contributed by atoms with van der Waals surface area (Å²) < 4.78 is 32.6. The van der Waals surface area contributed by atoms with Gasteiger partial charge in [0.05, 0.1) is 12.6 Å². The number of nitrogen functional groups attached to an aromatic ring is 1. The summed E-state index contributed by atoms with van der Waals surface area (Å²) in [6, 6.07) is 12.9. The first kappa shape index (κ1) is 42.1. The molecular formula is C32H40N6O13P2. The van der Waals surface area contributed by atoms with E-state index in [2.05, 4.69) is 20.5 Å². The highest BCUT2D eigenvalue weighted by atomic mass is 31.2. The van der Waals surface area contributed by atoms with Gasteiger partial charge in [0.1, 0.15) is 30.5 Å². The van der Waals surface area contributed by atoms with Gasteiger partial charge in [0.15, 0.2) is 0 Å². The summed E-state index contributed by atoms with van der Waals surface area (Å²) in [7, 11) is -9.27. The fourth-order valence-corrected chi connectivity index (χ4v) is 6.08. The third-order valence-electron chi connectivity index (χ3n) is 7.56. The van der Waals surface area contributed by atoms with Crippen LogP contribution in [0.3, 0.4) is 0 Å². The van der Waals surface area contributed by atoms with E-state index in [9.17, 15) is 42.9 Å². The summed E-state index contributed by atoms with van der Waals surface area (Å²) in [6.07, 6.45) is -2.50. The topological polar surface area (TPSA) is 333 Å². The van der Waals surface area contributed by atoms with E-state index in [-0.39, 0.29) is 24.3 Å². The number of amides is 5. The number of nitrogens with one attached hydrogen (secondary N) is 3. The van der Waals surface area contributed by atoms with Gasteiger partial charge < -0.3 is 52.2 Å². The van der Waals surface area contributed by atoms with E-state index in [1.165, 1.54) is 55.5 Å². The number of anilines is 1. The van der Waals surface area contributed by atoms with Crippen molar-refractivity contribution in [3.63, 3.8) is 0 Å². The van der Waals surface area contributed by atoms with Gasteiger partial charge in [-0.05, 0) is 46.5 Å². The third kappa shape index (κ3) is 14.7. The summed E-state index contributed by atoms with van der Waals surface area (Å²) in [5, 5.41) is 7.31. The maximum absolute atomic E-state index is 14.0. The van der Waals surface area contributed by atoms with Crippen molar-refractivity contribution in [1.29, 1.82) is 0 Å². The molecule has 3 aromatic carbocycles. The Morgan fingerprint density at radius 3 is 1.94 bits per heavy atom. The Labute approximate surface area is 303 Å². The molecular weight excluding hydrogens is 738 g/mol. The molecule has 0 spiro atoms. The largest absolute Gasteiger partial charge is 0.524 e. The molecule has 0 fully saturated rings. The standard InChI is InChI=1S/C32H40N6O13P2/c1-18(22-9-5-20(6-10-22)17-52(44,45)46)28(31(42)36-25(29(35)40)15-27(34)39)38-30(41)26(14-19-7-11-24(12-8-19)51-53(47,48)49)37-32(43)50-16-21-3-2-4-23(33)13-21/h2-13,18,25-26,28H,14-17,33H2,1H3,(H2,34,39)(H2,35,40)(H,36,42)(H,37,43)(H,38,41)(H2,44,45,46)(H2,47,48,49)/t18?,25-,26-,28-/m0/s1. The predicted octanol–water partition coefficient (Wildman–Crippen LogP) is 0.390. The fraction of sp³-hybridized carbons (Fsp3) is 0.281. The number of rotatable bonds is 18. The van der Waals surface area contributed by atoms with E-state index in [1.807, 2.05) is 0 Å². The van der Waals surface area contributed by atoms with Crippen molar-refractivity contribution < 1.29 is 61.9 Å². The van der Waals surface area contributed by atoms with Crippen LogP contribution in [0.2, 0.25) is 0 Å². The molecule has 0 aliphatic heterocycles. The molecule has 53 heavy (non-hydrogen) atoms. The van der Waals surface area contributed by atoms with Crippen LogP contribution in [0.25, 0.3) is 0 Å². The van der Waals surface area contributed by atoms with E-state index in [1.54, 1.807) is 24.3 Å². The van der Waals surface area contributed by atoms with Crippen molar-refractivity contribution in [2.45, 2.75) is 56.6 Å². The van der Waals surface area contributed by atoms with Gasteiger partial charge in [-0.15, -0.1) is 0 Å². The molecule has 5 amide bonds. The lowest BCUT2D eigenvalue weighted by molar-refractivity contribution is -0.133. The van der Waals surface area contributed by atoms with Crippen molar-refractivity contribution >= 4 is 50.8 Å². The van der Waals surface area contributed by atoms with Crippen LogP contribution in [0.15, 0.2) is 72.8 Å². The molecule has 1 unspecified atom stereocenters. The fourth-order valence-electron chi connectivity index (χ4n) is 5.00. The monoisotopic (exact) mass is 778 g/mol. The highest BCUT2D eigenvalue weighted by molar-refractivity contribution is 7.50. The number of alkyl carbamates (subject to hydrolysis) is 1. The molecule has 0 radical (unpaired) electrons. The van der Waals surface area contributed by atoms with Gasteiger partial charge in [-0.2, -0.15) is 0 Å². The van der Waals surface area contributed by atoms with Crippen LogP contribution in [0.4, 0.5) is 10.5 Å². The number of benzene rings is 3. The summed E-state index contributed by atoms with van der Waals surface area (Å²) in [4.78, 5) is 101. The van der Waals surface area contributed by atoms with Gasteiger partial charge >= 0.3 is 21.5 Å². The molecule has 0 bridgehead atoms. The summed E-state index contributed by atoms with van der Waals surface area (Å²) in [5.41, 5.74) is 18.4. The average Bonchev–Trinajstić information content (AvgIpc) is 3.04. The van der Waals surface area contributed by atoms with Crippen molar-refractivity contribution in [3.8, 4) is 5.75 Å². The molecule has 0 heterocycles. The van der Waals surface area contributed by atoms with Crippen molar-refractivity contribution in [1.82, 2.24) is 16.0 Å². The highest BCUT2D eigenvalue weighted by Gasteiger charge is 2.34. The normalized spacial score (nSPS) is 13.8. The molecule has 4 atom stereocenters. The summed E-state index contributed by atoms with van der Waals surface area (Å²) in [6.45, 7) is 1.30. The Balaban J connectivity index is 1.94. The molecule has 3 aromatic rings. The lowest BCUT2D eigenvalue weighted by Gasteiger charge is -2.28. The van der Waals surface area contributed by atoms with Gasteiger partial charge in [0.25, 0.3) is 0 Å². The van der Waals surface area contributed by atoms with Crippen molar-refractivity contribution in [2.24, 2.45) is 11.5 Å². The highest BCUT2D eigenvalue weighted by Crippen LogP contribution is 2.39. The maximum Gasteiger partial charge on any atom is 0.524 e. The lowest BCUT2D eigenvalue weighted by atomic mass is 9.91. The second-order valence-corrected chi connectivity index (χ2v) is 14.7. The summed E-state index contributed by atoms with van der Waals surface area (Å²) >= 11 is 0. The molecule has 0 aliphatic carbocycles. The zero-order valence-electron chi connectivity index (χ0n) is 28.2. The number of nitrogens with two attached hydrogens (primary N) is 3. The van der Waals surface area contributed by atoms with Crippen LogP contribution in [-0.4, -0.2) is 67.4 Å². The second-order valence-electron chi connectivity index (χ2n) is 11.9. The molecule has 3 rings (SSSR count). The first-order valence-electron chi connectivity index (χ1n) is 15.6. The smallest absolute Gasteiger partial charge is 0.445 e. The molecule has 0 aromatic heterocycles. The molecule has 0 aliphatic rings. The average molecular weight is 779 g/mol. The Morgan fingerprint density at radius 2 is 1.40 bits per heavy atom. The first-order chi connectivity index (χ1) is 24.7. The number of carbonyl (C=O) groups is 5. The molecule has 0 saturated carbocycles. The van der Waals surface area contributed by atoms with Crippen molar-refractivity contribution in [2.75, 3.05) is 5.73 Å². The van der Waals surface area contributed by atoms with Gasteiger partial charge in [0.2, 0.25) is 23.6 Å². The Bertz CT molecular complexity index is 1880. The van der Waals surface area contributed by atoms with E-state index in [0.29, 0.717) is 22.4 Å². The minimum Gasteiger partial charge on any atom is -0.445 e. The predicted molar refractivity (Wildman–Crippen MR) is 188 cm³/mol. The van der Waals surface area contributed by atoms with E-state index >= 15 is 0 Å². The number of ether oxygens (including phenoxy) is 1. The molecule has 286 valence electrons. The number of hydrogen-bond acceptors (Lipinski definition) is 10. The van der Waals surface area contributed by atoms with Gasteiger partial charge in [-0.25, -0.2) is 9.36 Å². The van der Waals surface area contributed by atoms with E-state index in [0.717, 1.165) is 0 Å². The zero-order valence-corrected chi connectivity index (χ0v) is 29.9. The van der Waals surface area contributed by atoms with Crippen LogP contribution in [-0.2, 0) is 52.2 Å². The minimum absolute atomic E-state index is 0.185. The zero-order chi connectivity index (χ0) is 39.5. The van der Waals surface area contributed by atoms with Gasteiger partial charge in [-0.1, -0.05) is 55.5 Å². The van der Waals surface area contributed by atoms with E-state index in [4.69, 9.17) is 31.7 Å². The number of primary amides is 2. The van der Waals surface area contributed by atoms with Crippen LogP contribution in [0.5, 0.6) is 5.75 Å². The number of phosphoric acid groups is 1. The Hall–Kier alpha value is -5.29. The van der Waals surface area contributed by atoms with Gasteiger partial charge in [0, 0.05) is 18.0 Å². The Morgan fingerprint density at radius 1 is 0.774 bits per heavy atom. The van der Waals surface area contributed by atoms with E-state index < -0.39 is 81.8 Å². The van der Waals surface area contributed by atoms with Crippen LogP contribution in [0.1, 0.15) is 41.5 Å². The molecule has 13 N–H and O–H groups in total. The molecule has 21 heteroatoms. The SMILES string of the molecule is CC(c1ccc(CP(=O)(O)O)cc1)[C@H](NC(=O)[C@H](Cc1ccc(OP(=O)(O)O)cc1)NC(=O)OCc1cccc(N)c1)C(=O)N[C@@H](CC(N)=O)C(N)=O. The molecule has 0 saturated heterocycles. The number of carbonyl (C=O) groups excluding carboxylic acids is 5. The first-order valence-corrected chi connectivity index (χ1v) is 19.0. The Kier molecular flexibility index (Phi) is 14.7. The number of phosphoric ester groups is 1. The van der Waals surface area contributed by atoms with Crippen molar-refractivity contribution in [3.05, 3.63) is 95.1 Å². The summed E-state index contributed by atoms with van der Waals surface area (Å²) in [5.74, 6) is -5.05. The van der Waals surface area contributed by atoms with Gasteiger partial charge in [-0.3, -0.25) is 33.5 Å².